The van der Waals surface area contributed by atoms with Crippen LogP contribution >= 0.6 is 0 Å². The van der Waals surface area contributed by atoms with Crippen molar-refractivity contribution in [2.45, 2.75) is 0 Å². The average Bonchev–Trinajstić information content (AvgIpc) is 3.29. The molecule has 9 nitrogen and oxygen atoms in total. The Morgan fingerprint density at radius 2 is 2.04 bits per heavy atom. The largest absolute Gasteiger partial charge is 0.497 e. The van der Waals surface area contributed by atoms with Crippen LogP contribution in [-0.2, 0) is 0 Å². The van der Waals surface area contributed by atoms with Gasteiger partial charge in [0, 0.05) is 37.9 Å². The number of carbonyl (C=O) groups is 1. The number of hydrogen-bond acceptors (Lipinski definition) is 8. The highest BCUT2D eigenvalue weighted by Crippen LogP contribution is 2.21. The molecule has 1 N–H and O–H groups in total. The Morgan fingerprint density at radius 1 is 1.18 bits per heavy atom. The first-order valence-corrected chi connectivity index (χ1v) is 8.91. The van der Waals surface area contributed by atoms with Crippen LogP contribution in [0.2, 0.25) is 0 Å². The zero-order valence-electron chi connectivity index (χ0n) is 15.4. The molecule has 28 heavy (non-hydrogen) atoms. The van der Waals surface area contributed by atoms with Gasteiger partial charge in [-0.3, -0.25) is 4.79 Å². The summed E-state index contributed by atoms with van der Waals surface area (Å²) in [6.07, 6.45) is 3.13. The van der Waals surface area contributed by atoms with Crippen LogP contribution in [0.15, 0.2) is 53.3 Å². The molecular formula is C19H20N6O3. The average molecular weight is 380 g/mol. The molecule has 1 amide bonds. The summed E-state index contributed by atoms with van der Waals surface area (Å²) in [5.41, 5.74) is 0.812. The van der Waals surface area contributed by atoms with E-state index in [1.165, 1.54) is 6.26 Å². The minimum absolute atomic E-state index is 0.0918. The molecule has 0 aliphatic carbocycles. The van der Waals surface area contributed by atoms with Crippen molar-refractivity contribution in [2.24, 2.45) is 0 Å². The van der Waals surface area contributed by atoms with Crippen molar-refractivity contribution in [2.75, 3.05) is 43.5 Å². The molecule has 0 unspecified atom stereocenters. The molecule has 4 rings (SSSR count). The summed E-state index contributed by atoms with van der Waals surface area (Å²) < 4.78 is 10.4. The van der Waals surface area contributed by atoms with Gasteiger partial charge in [0.15, 0.2) is 11.6 Å². The van der Waals surface area contributed by atoms with Crippen molar-refractivity contribution in [3.05, 3.63) is 54.6 Å². The smallest absolute Gasteiger partial charge is 0.289 e. The van der Waals surface area contributed by atoms with Crippen LogP contribution in [-0.4, -0.2) is 59.3 Å². The molecule has 0 atom stereocenters. The molecule has 0 spiro atoms. The molecule has 0 bridgehead atoms. The number of aromatic nitrogens is 3. The predicted octanol–water partition coefficient (Wildman–Crippen LogP) is 2.18. The van der Waals surface area contributed by atoms with E-state index in [0.717, 1.165) is 11.4 Å². The molecule has 144 valence electrons. The lowest BCUT2D eigenvalue weighted by Gasteiger charge is -2.34. The van der Waals surface area contributed by atoms with Gasteiger partial charge in [0.2, 0.25) is 5.95 Å². The Bertz CT molecular complexity index is 938. The van der Waals surface area contributed by atoms with Gasteiger partial charge in [-0.1, -0.05) is 6.07 Å². The second kappa shape index (κ2) is 7.95. The SMILES string of the molecule is COc1cccc(Nc2nncc(N3CCN(C(=O)c4ccco4)CC3)n2)c1. The number of carbonyl (C=O) groups excluding carboxylic acids is 1. The standard InChI is InChI=1S/C19H20N6O3/c1-27-15-5-2-4-14(12-15)21-19-22-17(13-20-23-19)24-7-9-25(10-8-24)18(26)16-6-3-11-28-16/h2-6,11-13H,7-10H2,1H3,(H,21,22,23). The highest BCUT2D eigenvalue weighted by Gasteiger charge is 2.24. The van der Waals surface area contributed by atoms with Crippen molar-refractivity contribution in [1.82, 2.24) is 20.1 Å². The summed E-state index contributed by atoms with van der Waals surface area (Å²) in [5.74, 6) is 2.13. The Kier molecular flexibility index (Phi) is 5.05. The van der Waals surface area contributed by atoms with Crippen LogP contribution in [0.1, 0.15) is 10.6 Å². The minimum atomic E-state index is -0.0918. The van der Waals surface area contributed by atoms with Crippen molar-refractivity contribution < 1.29 is 13.9 Å². The van der Waals surface area contributed by atoms with E-state index < -0.39 is 0 Å². The van der Waals surface area contributed by atoms with Gasteiger partial charge >= 0.3 is 0 Å². The van der Waals surface area contributed by atoms with Crippen molar-refractivity contribution in [1.29, 1.82) is 0 Å². The lowest BCUT2D eigenvalue weighted by atomic mass is 10.3. The third-order valence-corrected chi connectivity index (χ3v) is 4.49. The molecule has 2 aromatic heterocycles. The number of ether oxygens (including phenoxy) is 1. The number of nitrogens with one attached hydrogen (secondary N) is 1. The van der Waals surface area contributed by atoms with Gasteiger partial charge in [-0.15, -0.1) is 5.10 Å². The number of amides is 1. The van der Waals surface area contributed by atoms with E-state index in [1.54, 1.807) is 30.3 Å². The third kappa shape index (κ3) is 3.88. The summed E-state index contributed by atoms with van der Waals surface area (Å²) in [6, 6.07) is 10.9. The van der Waals surface area contributed by atoms with E-state index in [-0.39, 0.29) is 5.91 Å². The summed E-state index contributed by atoms with van der Waals surface area (Å²) in [6.45, 7) is 2.48. The first kappa shape index (κ1) is 17.8. The molecule has 0 saturated carbocycles. The fraction of sp³-hybridized carbons (Fsp3) is 0.263. The number of rotatable bonds is 5. The van der Waals surface area contributed by atoms with Crippen molar-refractivity contribution in [3.8, 4) is 5.75 Å². The monoisotopic (exact) mass is 380 g/mol. The fourth-order valence-corrected chi connectivity index (χ4v) is 3.02. The summed E-state index contributed by atoms with van der Waals surface area (Å²) in [7, 11) is 1.62. The Balaban J connectivity index is 1.40. The lowest BCUT2D eigenvalue weighted by molar-refractivity contribution is 0.0714. The van der Waals surface area contributed by atoms with E-state index in [9.17, 15) is 4.79 Å². The van der Waals surface area contributed by atoms with Crippen LogP contribution < -0.4 is 15.0 Å². The molecule has 3 heterocycles. The quantitative estimate of drug-likeness (QED) is 0.719. The summed E-state index contributed by atoms with van der Waals surface area (Å²) in [4.78, 5) is 20.8. The van der Waals surface area contributed by atoms with Crippen LogP contribution in [0.3, 0.4) is 0 Å². The molecule has 3 aromatic rings. The van der Waals surface area contributed by atoms with Crippen LogP contribution in [0.4, 0.5) is 17.5 Å². The van der Waals surface area contributed by atoms with Crippen LogP contribution in [0.25, 0.3) is 0 Å². The zero-order chi connectivity index (χ0) is 19.3. The van der Waals surface area contributed by atoms with Gasteiger partial charge < -0.3 is 24.3 Å². The summed E-state index contributed by atoms with van der Waals surface area (Å²) >= 11 is 0. The van der Waals surface area contributed by atoms with Gasteiger partial charge in [-0.05, 0) is 24.3 Å². The first-order chi connectivity index (χ1) is 13.7. The number of benzene rings is 1. The third-order valence-electron chi connectivity index (χ3n) is 4.49. The van der Waals surface area contributed by atoms with Gasteiger partial charge in [0.05, 0.1) is 19.6 Å². The van der Waals surface area contributed by atoms with Gasteiger partial charge in [0.1, 0.15) is 5.75 Å². The number of methoxy groups -OCH3 is 1. The second-order valence-electron chi connectivity index (χ2n) is 6.25. The molecule has 1 aliphatic heterocycles. The Labute approximate surface area is 161 Å². The Morgan fingerprint density at radius 3 is 2.79 bits per heavy atom. The molecule has 1 saturated heterocycles. The normalized spacial score (nSPS) is 14.0. The molecule has 9 heteroatoms. The van der Waals surface area contributed by atoms with Crippen LogP contribution in [0.5, 0.6) is 5.75 Å². The topological polar surface area (TPSA) is 96.6 Å². The molecule has 1 aromatic carbocycles. The molecular weight excluding hydrogens is 360 g/mol. The lowest BCUT2D eigenvalue weighted by Crippen LogP contribution is -2.49. The second-order valence-corrected chi connectivity index (χ2v) is 6.25. The van der Waals surface area contributed by atoms with Crippen molar-refractivity contribution >= 4 is 23.4 Å². The molecule has 1 fully saturated rings. The van der Waals surface area contributed by atoms with Gasteiger partial charge in [-0.2, -0.15) is 10.1 Å². The predicted molar refractivity (Wildman–Crippen MR) is 103 cm³/mol. The Hall–Kier alpha value is -3.62. The molecule has 1 aliphatic rings. The van der Waals surface area contributed by atoms with Crippen LogP contribution in [0, 0.1) is 0 Å². The zero-order valence-corrected chi connectivity index (χ0v) is 15.4. The van der Waals surface area contributed by atoms with E-state index >= 15 is 0 Å². The number of piperazine rings is 1. The highest BCUT2D eigenvalue weighted by molar-refractivity contribution is 5.91. The van der Waals surface area contributed by atoms with E-state index in [0.29, 0.717) is 43.7 Å². The molecule has 0 radical (unpaired) electrons. The first-order valence-electron chi connectivity index (χ1n) is 8.91. The number of hydrogen-bond donors (Lipinski definition) is 1. The van der Waals surface area contributed by atoms with Crippen molar-refractivity contribution in [3.63, 3.8) is 0 Å². The van der Waals surface area contributed by atoms with Gasteiger partial charge in [-0.25, -0.2) is 0 Å². The van der Waals surface area contributed by atoms with E-state index in [4.69, 9.17) is 9.15 Å². The fourth-order valence-electron chi connectivity index (χ4n) is 3.02. The van der Waals surface area contributed by atoms with E-state index in [1.807, 2.05) is 24.3 Å². The minimum Gasteiger partial charge on any atom is -0.497 e. The maximum Gasteiger partial charge on any atom is 0.289 e. The van der Waals surface area contributed by atoms with Gasteiger partial charge in [0.25, 0.3) is 5.91 Å². The van der Waals surface area contributed by atoms with E-state index in [2.05, 4.69) is 25.4 Å². The highest BCUT2D eigenvalue weighted by atomic mass is 16.5. The summed E-state index contributed by atoms with van der Waals surface area (Å²) in [5, 5.41) is 11.2. The number of anilines is 3. The maximum absolute atomic E-state index is 12.4. The number of nitrogens with zero attached hydrogens (tertiary/aromatic N) is 5. The maximum atomic E-state index is 12.4. The number of furan rings is 1.